The standard InChI is InChI=1S/C31H40N4O7/c1-20(32-30(39)35-15-14-24(18-35)41-4)28(37)34-26(17-22-10-12-23(40-3)13-11-22)29(38)33-25(27(36)31(2)19-42-31)16-21-8-6-5-7-9-21/h5-13,20,24-26H,14-19H2,1-4H3,(H,32,39)(H,33,38)(H,34,37)/t20-,24+,25+,26+,31-/m1/s1. The molecule has 2 aliphatic heterocycles. The van der Waals surface area contributed by atoms with Gasteiger partial charge in [-0.3, -0.25) is 14.4 Å². The Morgan fingerprint density at radius 3 is 2.14 bits per heavy atom. The smallest absolute Gasteiger partial charge is 0.318 e. The van der Waals surface area contributed by atoms with Crippen LogP contribution in [0.25, 0.3) is 0 Å². The van der Waals surface area contributed by atoms with E-state index < -0.39 is 35.5 Å². The molecule has 2 aromatic carbocycles. The summed E-state index contributed by atoms with van der Waals surface area (Å²) in [5.74, 6) is -0.611. The van der Waals surface area contributed by atoms with E-state index in [-0.39, 0.29) is 30.8 Å². The van der Waals surface area contributed by atoms with Crippen molar-refractivity contribution in [2.45, 2.75) is 62.9 Å². The number of methoxy groups -OCH3 is 2. The molecule has 2 aliphatic rings. The van der Waals surface area contributed by atoms with E-state index in [9.17, 15) is 19.2 Å². The van der Waals surface area contributed by atoms with E-state index in [0.29, 0.717) is 25.4 Å². The van der Waals surface area contributed by atoms with Gasteiger partial charge in [0.1, 0.15) is 23.4 Å². The highest BCUT2D eigenvalue weighted by atomic mass is 16.6. The highest BCUT2D eigenvalue weighted by molar-refractivity contribution is 5.98. The summed E-state index contributed by atoms with van der Waals surface area (Å²) in [6, 6.07) is 13.4. The van der Waals surface area contributed by atoms with Crippen LogP contribution in [0.1, 0.15) is 31.4 Å². The Hall–Kier alpha value is -3.96. The number of likely N-dealkylation sites (tertiary alicyclic amines) is 1. The third-order valence-corrected chi connectivity index (χ3v) is 7.74. The summed E-state index contributed by atoms with van der Waals surface area (Å²) < 4.78 is 15.9. The zero-order chi connectivity index (χ0) is 30.3. The highest BCUT2D eigenvalue weighted by Gasteiger charge is 2.50. The molecule has 2 aromatic rings. The number of nitrogens with zero attached hydrogens (tertiary/aromatic N) is 1. The molecule has 0 aliphatic carbocycles. The van der Waals surface area contributed by atoms with E-state index in [2.05, 4.69) is 16.0 Å². The zero-order valence-electron chi connectivity index (χ0n) is 24.6. The van der Waals surface area contributed by atoms with Gasteiger partial charge in [0, 0.05) is 26.6 Å². The fourth-order valence-corrected chi connectivity index (χ4v) is 4.90. The maximum atomic E-state index is 13.7. The number of Topliss-reactive ketones (excluding diaryl/α,β-unsaturated/α-hetero) is 1. The predicted molar refractivity (Wildman–Crippen MR) is 155 cm³/mol. The Morgan fingerprint density at radius 2 is 1.55 bits per heavy atom. The molecule has 0 unspecified atom stereocenters. The number of hydrogen-bond acceptors (Lipinski definition) is 7. The van der Waals surface area contributed by atoms with Crippen molar-refractivity contribution in [1.29, 1.82) is 0 Å². The lowest BCUT2D eigenvalue weighted by Gasteiger charge is -2.26. The monoisotopic (exact) mass is 580 g/mol. The molecule has 226 valence electrons. The normalized spacial score (nSPS) is 21.5. The Bertz CT molecular complexity index is 1250. The SMILES string of the molecule is COc1ccc(C[C@H](NC(=O)[C@@H](C)NC(=O)N2CC[C@H](OC)C2)C(=O)N[C@@H](Cc2ccccc2)C(=O)[C@@]2(C)CO2)cc1. The summed E-state index contributed by atoms with van der Waals surface area (Å²) in [5, 5.41) is 8.38. The number of ketones is 1. The molecule has 4 rings (SSSR count). The molecule has 2 heterocycles. The zero-order valence-corrected chi connectivity index (χ0v) is 24.6. The molecule has 0 bridgehead atoms. The van der Waals surface area contributed by atoms with E-state index in [1.54, 1.807) is 45.1 Å². The lowest BCUT2D eigenvalue weighted by molar-refractivity contribution is -0.133. The van der Waals surface area contributed by atoms with Gasteiger partial charge in [-0.05, 0) is 49.9 Å². The van der Waals surface area contributed by atoms with E-state index >= 15 is 0 Å². The van der Waals surface area contributed by atoms with E-state index in [4.69, 9.17) is 14.2 Å². The van der Waals surface area contributed by atoms with Crippen molar-refractivity contribution in [3.8, 4) is 5.75 Å². The van der Waals surface area contributed by atoms with Crippen molar-refractivity contribution in [2.75, 3.05) is 33.9 Å². The molecule has 11 nitrogen and oxygen atoms in total. The minimum absolute atomic E-state index is 0.0349. The van der Waals surface area contributed by atoms with Crippen LogP contribution in [-0.2, 0) is 36.7 Å². The average Bonchev–Trinajstić information content (AvgIpc) is 3.56. The Labute approximate surface area is 246 Å². The van der Waals surface area contributed by atoms with Gasteiger partial charge in [-0.15, -0.1) is 0 Å². The summed E-state index contributed by atoms with van der Waals surface area (Å²) in [4.78, 5) is 54.6. The fourth-order valence-electron chi connectivity index (χ4n) is 4.90. The molecule has 3 N–H and O–H groups in total. The summed E-state index contributed by atoms with van der Waals surface area (Å²) in [6.45, 7) is 4.53. The van der Waals surface area contributed by atoms with Crippen molar-refractivity contribution in [1.82, 2.24) is 20.9 Å². The van der Waals surface area contributed by atoms with Crippen LogP contribution >= 0.6 is 0 Å². The molecule has 42 heavy (non-hydrogen) atoms. The fraction of sp³-hybridized carbons (Fsp3) is 0.484. The molecular weight excluding hydrogens is 540 g/mol. The van der Waals surface area contributed by atoms with Crippen LogP contribution in [0, 0.1) is 0 Å². The molecule has 0 saturated carbocycles. The van der Waals surface area contributed by atoms with Gasteiger partial charge in [0.2, 0.25) is 11.8 Å². The second kappa shape index (κ2) is 13.8. The maximum Gasteiger partial charge on any atom is 0.318 e. The lowest BCUT2D eigenvalue weighted by Crippen LogP contribution is -2.57. The summed E-state index contributed by atoms with van der Waals surface area (Å²) >= 11 is 0. The number of epoxide rings is 1. The van der Waals surface area contributed by atoms with Crippen LogP contribution in [0.2, 0.25) is 0 Å². The number of nitrogens with one attached hydrogen (secondary N) is 3. The van der Waals surface area contributed by atoms with Crippen LogP contribution in [0.4, 0.5) is 4.79 Å². The van der Waals surface area contributed by atoms with Gasteiger partial charge in [0.15, 0.2) is 5.78 Å². The molecule has 0 spiro atoms. The quantitative estimate of drug-likeness (QED) is 0.306. The first-order valence-electron chi connectivity index (χ1n) is 14.2. The number of amides is 4. The van der Waals surface area contributed by atoms with Crippen LogP contribution in [0.3, 0.4) is 0 Å². The number of benzene rings is 2. The molecule has 2 fully saturated rings. The van der Waals surface area contributed by atoms with Gasteiger partial charge in [0.05, 0.1) is 25.9 Å². The molecule has 4 amide bonds. The van der Waals surface area contributed by atoms with E-state index in [0.717, 1.165) is 17.5 Å². The van der Waals surface area contributed by atoms with Crippen molar-refractivity contribution < 1.29 is 33.4 Å². The first-order valence-corrected chi connectivity index (χ1v) is 14.2. The van der Waals surface area contributed by atoms with Crippen molar-refractivity contribution >= 4 is 23.6 Å². The number of ether oxygens (including phenoxy) is 3. The molecule has 2 saturated heterocycles. The number of carbonyl (C=O) groups excluding carboxylic acids is 4. The first kappa shape index (κ1) is 31.0. The van der Waals surface area contributed by atoms with Crippen molar-refractivity contribution in [2.24, 2.45) is 0 Å². The molecule has 5 atom stereocenters. The third kappa shape index (κ3) is 8.07. The average molecular weight is 581 g/mol. The third-order valence-electron chi connectivity index (χ3n) is 7.74. The largest absolute Gasteiger partial charge is 0.497 e. The van der Waals surface area contributed by atoms with E-state index in [1.165, 1.54) is 0 Å². The molecular formula is C31H40N4O7. The highest BCUT2D eigenvalue weighted by Crippen LogP contribution is 2.29. The molecule has 0 aromatic heterocycles. The topological polar surface area (TPSA) is 139 Å². The van der Waals surface area contributed by atoms with Gasteiger partial charge < -0.3 is 35.1 Å². The van der Waals surface area contributed by atoms with Gasteiger partial charge in [0.25, 0.3) is 0 Å². The lowest BCUT2D eigenvalue weighted by atomic mass is 9.94. The van der Waals surface area contributed by atoms with Crippen LogP contribution in [-0.4, -0.2) is 92.3 Å². The minimum atomic E-state index is -1.02. The van der Waals surface area contributed by atoms with Crippen molar-refractivity contribution in [3.63, 3.8) is 0 Å². The van der Waals surface area contributed by atoms with E-state index in [1.807, 2.05) is 42.5 Å². The Balaban J connectivity index is 1.48. The van der Waals surface area contributed by atoms with Gasteiger partial charge in [-0.2, -0.15) is 0 Å². The number of urea groups is 1. The molecule has 0 radical (unpaired) electrons. The Kier molecular flexibility index (Phi) is 10.2. The number of rotatable bonds is 13. The predicted octanol–water partition coefficient (Wildman–Crippen LogP) is 1.63. The van der Waals surface area contributed by atoms with Gasteiger partial charge >= 0.3 is 6.03 Å². The van der Waals surface area contributed by atoms with Crippen molar-refractivity contribution in [3.05, 3.63) is 65.7 Å². The summed E-state index contributed by atoms with van der Waals surface area (Å²) in [5.41, 5.74) is 0.710. The minimum Gasteiger partial charge on any atom is -0.497 e. The van der Waals surface area contributed by atoms with Gasteiger partial charge in [-0.1, -0.05) is 42.5 Å². The van der Waals surface area contributed by atoms with Gasteiger partial charge in [-0.25, -0.2) is 4.79 Å². The summed E-state index contributed by atoms with van der Waals surface area (Å²) in [7, 11) is 3.17. The van der Waals surface area contributed by atoms with Crippen LogP contribution < -0.4 is 20.7 Å². The second-order valence-corrected chi connectivity index (χ2v) is 11.0. The molecule has 11 heteroatoms. The second-order valence-electron chi connectivity index (χ2n) is 11.0. The first-order chi connectivity index (χ1) is 20.1. The number of hydrogen-bond donors (Lipinski definition) is 3. The van der Waals surface area contributed by atoms with Crippen LogP contribution in [0.15, 0.2) is 54.6 Å². The van der Waals surface area contributed by atoms with Crippen LogP contribution in [0.5, 0.6) is 5.75 Å². The number of carbonyl (C=O) groups is 4. The Morgan fingerprint density at radius 1 is 0.929 bits per heavy atom. The maximum absolute atomic E-state index is 13.7. The summed E-state index contributed by atoms with van der Waals surface area (Å²) in [6.07, 6.45) is 1.12.